The molecule has 0 aliphatic rings. The third kappa shape index (κ3) is 9.44. The lowest BCUT2D eigenvalue weighted by Gasteiger charge is -1.92. The topological polar surface area (TPSA) is 20.2 Å². The quantitative estimate of drug-likeness (QED) is 0.436. The molecule has 0 fully saturated rings. The normalized spacial score (nSPS) is 10.8. The maximum absolute atomic E-state index is 8.50. The van der Waals surface area contributed by atoms with Gasteiger partial charge >= 0.3 is 0 Å². The highest BCUT2D eigenvalue weighted by Crippen LogP contribution is 2.00. The van der Waals surface area contributed by atoms with Crippen LogP contribution >= 0.6 is 0 Å². The molecule has 0 aliphatic carbocycles. The molecular weight excluding hydrogens is 148 g/mol. The van der Waals surface area contributed by atoms with Crippen molar-refractivity contribution in [1.82, 2.24) is 0 Å². The van der Waals surface area contributed by atoms with E-state index in [2.05, 4.69) is 18.7 Å². The van der Waals surface area contributed by atoms with Crippen molar-refractivity contribution in [3.63, 3.8) is 0 Å². The summed E-state index contributed by atoms with van der Waals surface area (Å²) in [4.78, 5) is 0. The van der Waals surface area contributed by atoms with Crippen LogP contribution in [0.2, 0.25) is 0 Å². The van der Waals surface area contributed by atoms with Gasteiger partial charge in [0, 0.05) is 6.61 Å². The molecular formula is C11H20O. The minimum Gasteiger partial charge on any atom is -0.396 e. The monoisotopic (exact) mass is 168 g/mol. The fraction of sp³-hybridized carbons (Fsp3) is 0.636. The number of unbranched alkanes of at least 4 members (excludes halogenated alkanes) is 4. The lowest BCUT2D eigenvalue weighted by molar-refractivity contribution is 0.285. The van der Waals surface area contributed by atoms with Crippen molar-refractivity contribution in [3.05, 3.63) is 24.8 Å². The first-order valence-corrected chi connectivity index (χ1v) is 4.78. The largest absolute Gasteiger partial charge is 0.396 e. The molecule has 0 saturated carbocycles. The van der Waals surface area contributed by atoms with Gasteiger partial charge in [-0.25, -0.2) is 0 Å². The van der Waals surface area contributed by atoms with Gasteiger partial charge in [-0.1, -0.05) is 18.2 Å². The van der Waals surface area contributed by atoms with E-state index in [4.69, 9.17) is 5.11 Å². The van der Waals surface area contributed by atoms with Crippen LogP contribution in [0.25, 0.3) is 0 Å². The molecule has 1 heteroatoms. The van der Waals surface area contributed by atoms with Crippen LogP contribution < -0.4 is 0 Å². The lowest BCUT2D eigenvalue weighted by Crippen LogP contribution is -1.80. The van der Waals surface area contributed by atoms with Gasteiger partial charge in [-0.2, -0.15) is 0 Å². The molecule has 0 spiro atoms. The van der Waals surface area contributed by atoms with Crippen molar-refractivity contribution < 1.29 is 5.11 Å². The minimum absolute atomic E-state index is 0.324. The van der Waals surface area contributed by atoms with Gasteiger partial charge < -0.3 is 5.11 Å². The predicted octanol–water partition coefficient (Wildman–Crippen LogP) is 3.06. The van der Waals surface area contributed by atoms with Crippen molar-refractivity contribution in [2.45, 2.75) is 38.5 Å². The van der Waals surface area contributed by atoms with Crippen LogP contribution in [0.1, 0.15) is 38.5 Å². The number of rotatable bonds is 8. The second kappa shape index (κ2) is 10.4. The molecule has 0 rings (SSSR count). The highest BCUT2D eigenvalue weighted by Gasteiger charge is 1.82. The number of hydrogen-bond acceptors (Lipinski definition) is 1. The number of aliphatic hydroxyl groups is 1. The van der Waals surface area contributed by atoms with Crippen LogP contribution in [0.4, 0.5) is 0 Å². The Morgan fingerprint density at radius 1 is 0.917 bits per heavy atom. The smallest absolute Gasteiger partial charge is 0.0431 e. The molecule has 0 saturated heterocycles. The van der Waals surface area contributed by atoms with Crippen LogP contribution in [-0.2, 0) is 0 Å². The first-order chi connectivity index (χ1) is 5.91. The molecule has 70 valence electrons. The van der Waals surface area contributed by atoms with Gasteiger partial charge in [0.15, 0.2) is 0 Å². The summed E-state index contributed by atoms with van der Waals surface area (Å²) in [5.74, 6) is 0. The van der Waals surface area contributed by atoms with E-state index in [1.807, 2.05) is 6.08 Å². The summed E-state index contributed by atoms with van der Waals surface area (Å²) < 4.78 is 0. The summed E-state index contributed by atoms with van der Waals surface area (Å²) in [7, 11) is 0. The van der Waals surface area contributed by atoms with Crippen molar-refractivity contribution in [1.29, 1.82) is 0 Å². The summed E-state index contributed by atoms with van der Waals surface area (Å²) in [5.41, 5.74) is 0. The third-order valence-corrected chi connectivity index (χ3v) is 1.72. The first-order valence-electron chi connectivity index (χ1n) is 4.78. The van der Waals surface area contributed by atoms with Gasteiger partial charge in [-0.15, -0.1) is 6.58 Å². The zero-order valence-electron chi connectivity index (χ0n) is 7.84. The van der Waals surface area contributed by atoms with Gasteiger partial charge in [-0.05, 0) is 38.5 Å². The summed E-state index contributed by atoms with van der Waals surface area (Å²) in [5, 5.41) is 8.50. The molecule has 0 aromatic heterocycles. The van der Waals surface area contributed by atoms with E-state index in [0.717, 1.165) is 32.1 Å². The van der Waals surface area contributed by atoms with Crippen molar-refractivity contribution in [3.8, 4) is 0 Å². The Morgan fingerprint density at radius 3 is 2.17 bits per heavy atom. The highest BCUT2D eigenvalue weighted by molar-refractivity contribution is 4.82. The van der Waals surface area contributed by atoms with E-state index in [-0.39, 0.29) is 0 Å². The van der Waals surface area contributed by atoms with Gasteiger partial charge in [-0.3, -0.25) is 0 Å². The fourth-order valence-electron chi connectivity index (χ4n) is 0.990. The zero-order valence-corrected chi connectivity index (χ0v) is 7.84. The van der Waals surface area contributed by atoms with E-state index >= 15 is 0 Å². The number of aliphatic hydroxyl groups excluding tert-OH is 1. The third-order valence-electron chi connectivity index (χ3n) is 1.72. The Labute approximate surface area is 75.8 Å². The van der Waals surface area contributed by atoms with Gasteiger partial charge in [0.1, 0.15) is 0 Å². The van der Waals surface area contributed by atoms with Crippen LogP contribution in [0.3, 0.4) is 0 Å². The van der Waals surface area contributed by atoms with Crippen molar-refractivity contribution in [2.75, 3.05) is 6.61 Å². The van der Waals surface area contributed by atoms with Crippen molar-refractivity contribution >= 4 is 0 Å². The highest BCUT2D eigenvalue weighted by atomic mass is 16.2. The van der Waals surface area contributed by atoms with E-state index in [1.165, 1.54) is 6.42 Å². The fourth-order valence-corrected chi connectivity index (χ4v) is 0.990. The van der Waals surface area contributed by atoms with E-state index < -0.39 is 0 Å². The lowest BCUT2D eigenvalue weighted by atomic mass is 10.2. The van der Waals surface area contributed by atoms with Crippen LogP contribution in [-0.4, -0.2) is 11.7 Å². The molecule has 12 heavy (non-hydrogen) atoms. The SMILES string of the molecule is C=CCCC/C=C/CCCCO. The summed E-state index contributed by atoms with van der Waals surface area (Å²) in [6.07, 6.45) is 13.0. The molecule has 0 heterocycles. The second-order valence-electron chi connectivity index (χ2n) is 2.91. The Balaban J connectivity index is 2.98. The molecule has 1 N–H and O–H groups in total. The van der Waals surface area contributed by atoms with Crippen LogP contribution in [0, 0.1) is 0 Å². The van der Waals surface area contributed by atoms with E-state index in [9.17, 15) is 0 Å². The van der Waals surface area contributed by atoms with E-state index in [1.54, 1.807) is 0 Å². The average Bonchev–Trinajstić information content (AvgIpc) is 2.10. The van der Waals surface area contributed by atoms with Crippen LogP contribution in [0.15, 0.2) is 24.8 Å². The maximum Gasteiger partial charge on any atom is 0.0431 e. The second-order valence-corrected chi connectivity index (χ2v) is 2.91. The Bertz CT molecular complexity index is 116. The van der Waals surface area contributed by atoms with Crippen molar-refractivity contribution in [2.24, 2.45) is 0 Å². The number of allylic oxidation sites excluding steroid dienone is 3. The summed E-state index contributed by atoms with van der Waals surface area (Å²) >= 11 is 0. The minimum atomic E-state index is 0.324. The molecule has 0 amide bonds. The Kier molecular flexibility index (Phi) is 9.95. The molecule has 0 aromatic rings. The summed E-state index contributed by atoms with van der Waals surface area (Å²) in [6.45, 7) is 3.99. The molecule has 0 bridgehead atoms. The molecule has 0 aliphatic heterocycles. The summed E-state index contributed by atoms with van der Waals surface area (Å²) in [6, 6.07) is 0. The standard InChI is InChI=1S/C11H20O/c1-2-3-4-5-6-7-8-9-10-11-12/h2,6-7,12H,1,3-5,8-11H2/b7-6+. The molecule has 0 radical (unpaired) electrons. The zero-order chi connectivity index (χ0) is 9.07. The van der Waals surface area contributed by atoms with Gasteiger partial charge in [0.25, 0.3) is 0 Å². The Hall–Kier alpha value is -0.560. The molecule has 0 aromatic carbocycles. The van der Waals surface area contributed by atoms with Crippen LogP contribution in [0.5, 0.6) is 0 Å². The van der Waals surface area contributed by atoms with Gasteiger partial charge in [0.05, 0.1) is 0 Å². The first kappa shape index (κ1) is 11.4. The molecule has 1 nitrogen and oxygen atoms in total. The molecule has 0 atom stereocenters. The Morgan fingerprint density at radius 2 is 1.58 bits per heavy atom. The maximum atomic E-state index is 8.50. The van der Waals surface area contributed by atoms with Gasteiger partial charge in [0.2, 0.25) is 0 Å². The van der Waals surface area contributed by atoms with E-state index in [0.29, 0.717) is 6.61 Å². The number of hydrogen-bond donors (Lipinski definition) is 1. The average molecular weight is 168 g/mol. The molecule has 0 unspecified atom stereocenters. The predicted molar refractivity (Wildman–Crippen MR) is 54.1 cm³/mol.